The van der Waals surface area contributed by atoms with Crippen molar-refractivity contribution >= 4 is 11.9 Å². The van der Waals surface area contributed by atoms with E-state index in [-0.39, 0.29) is 31.5 Å². The van der Waals surface area contributed by atoms with Gasteiger partial charge in [-0.05, 0) is 50.1 Å². The van der Waals surface area contributed by atoms with Gasteiger partial charge in [-0.3, -0.25) is 4.79 Å². The number of hydrogen-bond acceptors (Lipinski definition) is 8. The number of aromatic amines is 1. The molecule has 11 heteroatoms. The number of nitrogens with one attached hydrogen (secondary N) is 3. The van der Waals surface area contributed by atoms with Crippen LogP contribution in [0.4, 0.5) is 10.3 Å². The van der Waals surface area contributed by atoms with E-state index in [1.165, 1.54) is 12.1 Å². The SMILES string of the molecule is CC1(C(=O)NCC#N)COC(c2nc(-c3ccc(F)cc3)c(-c3ccnc(NC4CC4)n3)[nH]2)OC1. The topological polar surface area (TPSA) is 138 Å². The minimum Gasteiger partial charge on any atom is -0.351 e. The number of halogens is 1. The minimum absolute atomic E-state index is 0.0831. The number of amides is 1. The van der Waals surface area contributed by atoms with E-state index in [1.807, 2.05) is 6.07 Å². The second-order valence-electron chi connectivity index (χ2n) is 8.89. The van der Waals surface area contributed by atoms with Crippen molar-refractivity contribution in [3.05, 3.63) is 48.2 Å². The van der Waals surface area contributed by atoms with E-state index in [0.29, 0.717) is 40.5 Å². The Morgan fingerprint density at radius 1 is 1.23 bits per heavy atom. The van der Waals surface area contributed by atoms with Gasteiger partial charge in [-0.15, -0.1) is 0 Å². The molecule has 1 saturated heterocycles. The standard InChI is InChI=1S/C24H24FN7O3/c1-24(22(33)27-11-9-26)12-34-21(35-13-24)20-31-18(14-2-4-15(25)5-3-14)19(32-20)17-8-10-28-23(30-17)29-16-6-7-16/h2-5,8,10,16,21H,6-7,11-13H2,1H3,(H,27,33)(H,31,32)(H,28,29,30). The average Bonchev–Trinajstić information content (AvgIpc) is 3.57. The number of nitriles is 1. The molecule has 10 nitrogen and oxygen atoms in total. The van der Waals surface area contributed by atoms with Crippen LogP contribution in [0, 0.1) is 22.6 Å². The van der Waals surface area contributed by atoms with Gasteiger partial charge in [0, 0.05) is 17.8 Å². The lowest BCUT2D eigenvalue weighted by Crippen LogP contribution is -2.48. The lowest BCUT2D eigenvalue weighted by atomic mass is 9.91. The summed E-state index contributed by atoms with van der Waals surface area (Å²) in [5.41, 5.74) is 1.54. The number of rotatable bonds is 7. The Hall–Kier alpha value is -3.88. The van der Waals surface area contributed by atoms with Gasteiger partial charge in [-0.25, -0.2) is 19.3 Å². The molecule has 0 unspecified atom stereocenters. The van der Waals surface area contributed by atoms with E-state index >= 15 is 0 Å². The largest absolute Gasteiger partial charge is 0.351 e. The van der Waals surface area contributed by atoms with Crippen LogP contribution >= 0.6 is 0 Å². The summed E-state index contributed by atoms with van der Waals surface area (Å²) in [7, 11) is 0. The predicted molar refractivity (Wildman–Crippen MR) is 123 cm³/mol. The summed E-state index contributed by atoms with van der Waals surface area (Å²) in [6.45, 7) is 1.79. The zero-order valence-electron chi connectivity index (χ0n) is 19.0. The maximum atomic E-state index is 13.6. The molecule has 2 aromatic heterocycles. The van der Waals surface area contributed by atoms with E-state index in [4.69, 9.17) is 19.7 Å². The first-order valence-electron chi connectivity index (χ1n) is 11.3. The fourth-order valence-electron chi connectivity index (χ4n) is 3.71. The number of carbonyl (C=O) groups excluding carboxylic acids is 1. The molecule has 3 N–H and O–H groups in total. The van der Waals surface area contributed by atoms with Crippen molar-refractivity contribution in [1.82, 2.24) is 25.3 Å². The highest BCUT2D eigenvalue weighted by Gasteiger charge is 2.40. The molecule has 1 aromatic carbocycles. The van der Waals surface area contributed by atoms with Crippen molar-refractivity contribution in [3.8, 4) is 28.7 Å². The van der Waals surface area contributed by atoms with Gasteiger partial charge in [0.05, 0.1) is 41.8 Å². The Labute approximate surface area is 200 Å². The molecule has 3 heterocycles. The Morgan fingerprint density at radius 3 is 2.66 bits per heavy atom. The number of nitrogens with zero attached hydrogens (tertiary/aromatic N) is 4. The maximum absolute atomic E-state index is 13.6. The third-order valence-corrected chi connectivity index (χ3v) is 5.87. The van der Waals surface area contributed by atoms with Gasteiger partial charge in [0.25, 0.3) is 0 Å². The van der Waals surface area contributed by atoms with E-state index in [9.17, 15) is 9.18 Å². The van der Waals surface area contributed by atoms with Gasteiger partial charge in [-0.2, -0.15) is 5.26 Å². The van der Waals surface area contributed by atoms with Gasteiger partial charge < -0.3 is 25.1 Å². The summed E-state index contributed by atoms with van der Waals surface area (Å²) in [6, 6.07) is 10.1. The number of carbonyl (C=O) groups is 1. The molecule has 2 fully saturated rings. The molecule has 1 aliphatic heterocycles. The zero-order valence-corrected chi connectivity index (χ0v) is 19.0. The van der Waals surface area contributed by atoms with Crippen LogP contribution in [0.3, 0.4) is 0 Å². The Bertz CT molecular complexity index is 1260. The Kier molecular flexibility index (Phi) is 6.15. The third kappa shape index (κ3) is 4.99. The number of imidazole rings is 1. The van der Waals surface area contributed by atoms with Crippen molar-refractivity contribution in [2.75, 3.05) is 25.1 Å². The summed E-state index contributed by atoms with van der Waals surface area (Å²) >= 11 is 0. The molecule has 180 valence electrons. The minimum atomic E-state index is -0.932. The normalized spacial score (nSPS) is 21.8. The first-order valence-corrected chi connectivity index (χ1v) is 11.3. The van der Waals surface area contributed by atoms with Crippen molar-refractivity contribution < 1.29 is 18.7 Å². The van der Waals surface area contributed by atoms with Crippen molar-refractivity contribution in [3.63, 3.8) is 0 Å². The van der Waals surface area contributed by atoms with Crippen LogP contribution < -0.4 is 10.6 Å². The molecule has 1 aliphatic carbocycles. The zero-order chi connectivity index (χ0) is 24.4. The highest BCUT2D eigenvalue weighted by atomic mass is 19.1. The molecule has 0 spiro atoms. The van der Waals surface area contributed by atoms with Crippen molar-refractivity contribution in [2.24, 2.45) is 5.41 Å². The Morgan fingerprint density at radius 2 is 1.97 bits per heavy atom. The molecule has 1 saturated carbocycles. The predicted octanol–water partition coefficient (Wildman–Crippen LogP) is 2.94. The third-order valence-electron chi connectivity index (χ3n) is 5.87. The van der Waals surface area contributed by atoms with Crippen LogP contribution in [0.15, 0.2) is 36.5 Å². The van der Waals surface area contributed by atoms with E-state index in [2.05, 4.69) is 25.6 Å². The van der Waals surface area contributed by atoms with Crippen LogP contribution in [0.25, 0.3) is 22.6 Å². The summed E-state index contributed by atoms with van der Waals surface area (Å²) < 4.78 is 25.3. The molecule has 35 heavy (non-hydrogen) atoms. The fraction of sp³-hybridized carbons (Fsp3) is 0.375. The van der Waals surface area contributed by atoms with E-state index in [0.717, 1.165) is 12.8 Å². The maximum Gasteiger partial charge on any atom is 0.231 e. The molecule has 3 aromatic rings. The fourth-order valence-corrected chi connectivity index (χ4v) is 3.71. The first-order chi connectivity index (χ1) is 16.9. The number of aromatic nitrogens is 4. The lowest BCUT2D eigenvalue weighted by Gasteiger charge is -2.35. The smallest absolute Gasteiger partial charge is 0.231 e. The van der Waals surface area contributed by atoms with Crippen molar-refractivity contribution in [1.29, 1.82) is 5.26 Å². The van der Waals surface area contributed by atoms with Crippen LogP contribution in [-0.2, 0) is 14.3 Å². The first kappa shape index (κ1) is 22.9. The van der Waals surface area contributed by atoms with E-state index < -0.39 is 11.7 Å². The molecule has 2 aliphatic rings. The van der Waals surface area contributed by atoms with Gasteiger partial charge in [0.1, 0.15) is 12.4 Å². The van der Waals surface area contributed by atoms with Crippen LogP contribution in [0.1, 0.15) is 31.9 Å². The second-order valence-corrected chi connectivity index (χ2v) is 8.89. The van der Waals surface area contributed by atoms with Gasteiger partial charge in [0.15, 0.2) is 5.82 Å². The molecule has 0 bridgehead atoms. The summed E-state index contributed by atoms with van der Waals surface area (Å²) in [6.07, 6.45) is 3.01. The second kappa shape index (κ2) is 9.40. The number of benzene rings is 1. The quantitative estimate of drug-likeness (QED) is 0.442. The average molecular weight is 478 g/mol. The highest BCUT2D eigenvalue weighted by molar-refractivity contribution is 5.83. The number of H-pyrrole nitrogens is 1. The van der Waals surface area contributed by atoms with Gasteiger partial charge in [-0.1, -0.05) is 0 Å². The molecule has 0 radical (unpaired) electrons. The monoisotopic (exact) mass is 477 g/mol. The molecular formula is C24H24FN7O3. The van der Waals surface area contributed by atoms with Crippen LogP contribution in [0.5, 0.6) is 0 Å². The van der Waals surface area contributed by atoms with Gasteiger partial charge in [0.2, 0.25) is 18.1 Å². The van der Waals surface area contributed by atoms with Crippen LogP contribution in [-0.4, -0.2) is 51.6 Å². The highest BCUT2D eigenvalue weighted by Crippen LogP contribution is 2.35. The number of hydrogen-bond donors (Lipinski definition) is 3. The summed E-state index contributed by atoms with van der Waals surface area (Å²) in [4.78, 5) is 29.3. The van der Waals surface area contributed by atoms with E-state index in [1.54, 1.807) is 31.3 Å². The Balaban J connectivity index is 1.43. The van der Waals surface area contributed by atoms with Crippen LogP contribution in [0.2, 0.25) is 0 Å². The summed E-state index contributed by atoms with van der Waals surface area (Å²) in [5.74, 6) is 0.253. The van der Waals surface area contributed by atoms with Gasteiger partial charge >= 0.3 is 0 Å². The van der Waals surface area contributed by atoms with Crippen molar-refractivity contribution in [2.45, 2.75) is 32.1 Å². The molecule has 0 atom stereocenters. The summed E-state index contributed by atoms with van der Waals surface area (Å²) in [5, 5.41) is 14.5. The number of anilines is 1. The molecular weight excluding hydrogens is 453 g/mol. The lowest BCUT2D eigenvalue weighted by molar-refractivity contribution is -0.230. The number of ether oxygens (including phenoxy) is 2. The molecule has 5 rings (SSSR count). The molecule has 1 amide bonds.